The van der Waals surface area contributed by atoms with Gasteiger partial charge in [0.15, 0.2) is 5.78 Å². The summed E-state index contributed by atoms with van der Waals surface area (Å²) in [7, 11) is 3.24. The number of aromatic nitrogens is 2. The first kappa shape index (κ1) is 25.6. The summed E-state index contributed by atoms with van der Waals surface area (Å²) in [4.78, 5) is 34.3. The Labute approximate surface area is 223 Å². The fraction of sp³-hybridized carbons (Fsp3) is 0.355. The summed E-state index contributed by atoms with van der Waals surface area (Å²) in [6.07, 6.45) is 8.17. The molecule has 196 valence electrons. The summed E-state index contributed by atoms with van der Waals surface area (Å²) in [5.74, 6) is 1.85. The van der Waals surface area contributed by atoms with Crippen LogP contribution < -0.4 is 14.8 Å². The Morgan fingerprint density at radius 3 is 2.61 bits per heavy atom. The van der Waals surface area contributed by atoms with Gasteiger partial charge in [0.25, 0.3) is 5.91 Å². The minimum Gasteiger partial charge on any atom is -0.496 e. The maximum absolute atomic E-state index is 12.3. The van der Waals surface area contributed by atoms with Gasteiger partial charge in [-0.2, -0.15) is 4.98 Å². The molecule has 1 amide bonds. The molecule has 0 radical (unpaired) electrons. The van der Waals surface area contributed by atoms with Crippen LogP contribution in [-0.4, -0.2) is 41.9 Å². The van der Waals surface area contributed by atoms with E-state index in [1.54, 1.807) is 26.3 Å². The topological polar surface area (TPSA) is 90.4 Å². The number of rotatable bonds is 9. The second kappa shape index (κ2) is 11.2. The minimum absolute atomic E-state index is 0.0787. The predicted molar refractivity (Wildman–Crippen MR) is 146 cm³/mol. The van der Waals surface area contributed by atoms with Gasteiger partial charge in [0.2, 0.25) is 5.88 Å². The molecule has 3 aromatic rings. The molecule has 7 nitrogen and oxygen atoms in total. The summed E-state index contributed by atoms with van der Waals surface area (Å²) in [5.41, 5.74) is 5.91. The zero-order chi connectivity index (χ0) is 26.6. The molecule has 2 aliphatic carbocycles. The van der Waals surface area contributed by atoms with E-state index in [0.717, 1.165) is 53.6 Å². The van der Waals surface area contributed by atoms with Crippen LogP contribution in [0.1, 0.15) is 88.0 Å². The fourth-order valence-corrected chi connectivity index (χ4v) is 5.25. The molecule has 0 aliphatic heterocycles. The van der Waals surface area contributed by atoms with Gasteiger partial charge in [-0.05, 0) is 55.0 Å². The number of fused-ring (bicyclic) bond motifs is 1. The maximum atomic E-state index is 12.3. The van der Waals surface area contributed by atoms with Gasteiger partial charge >= 0.3 is 0 Å². The molecular formula is C31H33N3O4. The molecule has 38 heavy (non-hydrogen) atoms. The molecule has 0 unspecified atom stereocenters. The number of hydrogen-bond donors (Lipinski definition) is 1. The number of benzene rings is 2. The third-order valence-electron chi connectivity index (χ3n) is 7.29. The molecule has 0 spiro atoms. The second-order valence-corrected chi connectivity index (χ2v) is 9.75. The number of ketones is 1. The molecule has 0 saturated heterocycles. The Balaban J connectivity index is 1.52. The van der Waals surface area contributed by atoms with Crippen molar-refractivity contribution in [1.82, 2.24) is 15.3 Å². The van der Waals surface area contributed by atoms with Gasteiger partial charge in [0, 0.05) is 43.0 Å². The highest BCUT2D eigenvalue weighted by Crippen LogP contribution is 2.39. The smallest absolute Gasteiger partial charge is 0.251 e. The molecule has 2 aromatic carbocycles. The third-order valence-corrected chi connectivity index (χ3v) is 7.29. The van der Waals surface area contributed by atoms with Crippen LogP contribution in [0, 0.1) is 0 Å². The molecule has 1 heterocycles. The number of Topliss-reactive ketones (excluding diaryl/α,β-unsaturated/α-hetero) is 1. The van der Waals surface area contributed by atoms with Crippen molar-refractivity contribution in [3.05, 3.63) is 87.9 Å². The summed E-state index contributed by atoms with van der Waals surface area (Å²) in [6, 6.07) is 13.2. The van der Waals surface area contributed by atoms with E-state index in [1.165, 1.54) is 0 Å². The molecule has 1 aromatic heterocycles. The zero-order valence-electron chi connectivity index (χ0n) is 22.2. The standard InChI is InChI=1S/C31H33N3O4/c1-4-26(35)20-12-13-21(27(17-20)37-3)18-28-33-25-15-14-24(19-8-7-9-22(16-19)30(36)32-2)29(25)31(34-28)38-23-10-5-6-11-23/h7-9,12-14,16-17,23H,4-6,10-11,15,18H2,1-3H3,(H,32,36). The molecule has 1 saturated carbocycles. The van der Waals surface area contributed by atoms with E-state index >= 15 is 0 Å². The summed E-state index contributed by atoms with van der Waals surface area (Å²) < 4.78 is 12.1. The van der Waals surface area contributed by atoms with Crippen molar-refractivity contribution < 1.29 is 19.1 Å². The lowest BCUT2D eigenvalue weighted by atomic mass is 9.99. The SMILES string of the molecule is CCC(=O)c1ccc(Cc2nc3c(c(OC4CCCC4)n2)C(c2cccc(C(=O)NC)c2)=CC3)c(OC)c1. The average Bonchev–Trinajstić information content (AvgIpc) is 3.62. The highest BCUT2D eigenvalue weighted by atomic mass is 16.5. The van der Waals surface area contributed by atoms with Crippen molar-refractivity contribution in [3.63, 3.8) is 0 Å². The predicted octanol–water partition coefficient (Wildman–Crippen LogP) is 5.34. The number of allylic oxidation sites excluding steroid dienone is 1. The number of nitrogens with one attached hydrogen (secondary N) is 1. The van der Waals surface area contributed by atoms with E-state index in [9.17, 15) is 9.59 Å². The Morgan fingerprint density at radius 2 is 1.87 bits per heavy atom. The number of ether oxygens (including phenoxy) is 2. The Kier molecular flexibility index (Phi) is 7.54. The molecule has 7 heteroatoms. The number of methoxy groups -OCH3 is 1. The first-order chi connectivity index (χ1) is 18.5. The lowest BCUT2D eigenvalue weighted by Gasteiger charge is -2.18. The van der Waals surface area contributed by atoms with E-state index < -0.39 is 0 Å². The van der Waals surface area contributed by atoms with Gasteiger partial charge in [-0.3, -0.25) is 9.59 Å². The van der Waals surface area contributed by atoms with Crippen LogP contribution in [0.4, 0.5) is 0 Å². The van der Waals surface area contributed by atoms with E-state index in [2.05, 4.69) is 11.4 Å². The lowest BCUT2D eigenvalue weighted by molar-refractivity contribution is 0.0960. The molecule has 1 N–H and O–H groups in total. The van der Waals surface area contributed by atoms with Gasteiger partial charge in [-0.1, -0.05) is 37.3 Å². The summed E-state index contributed by atoms with van der Waals surface area (Å²) in [6.45, 7) is 1.85. The van der Waals surface area contributed by atoms with E-state index in [0.29, 0.717) is 47.8 Å². The van der Waals surface area contributed by atoms with Crippen molar-refractivity contribution in [1.29, 1.82) is 0 Å². The second-order valence-electron chi connectivity index (χ2n) is 9.75. The van der Waals surface area contributed by atoms with Gasteiger partial charge in [-0.25, -0.2) is 4.98 Å². The first-order valence-corrected chi connectivity index (χ1v) is 13.3. The maximum Gasteiger partial charge on any atom is 0.251 e. The van der Waals surface area contributed by atoms with E-state index in [4.69, 9.17) is 19.4 Å². The monoisotopic (exact) mass is 511 g/mol. The van der Waals surface area contributed by atoms with Crippen LogP contribution >= 0.6 is 0 Å². The summed E-state index contributed by atoms with van der Waals surface area (Å²) >= 11 is 0. The molecule has 0 atom stereocenters. The van der Waals surface area contributed by atoms with Gasteiger partial charge in [0.1, 0.15) is 17.7 Å². The van der Waals surface area contributed by atoms with Crippen LogP contribution in [-0.2, 0) is 12.8 Å². The lowest BCUT2D eigenvalue weighted by Crippen LogP contribution is -2.18. The Morgan fingerprint density at radius 1 is 1.05 bits per heavy atom. The van der Waals surface area contributed by atoms with Crippen molar-refractivity contribution in [2.45, 2.75) is 58.0 Å². The van der Waals surface area contributed by atoms with E-state index in [1.807, 2.05) is 37.3 Å². The normalized spacial score (nSPS) is 14.7. The molecule has 1 fully saturated rings. The number of carbonyl (C=O) groups excluding carboxylic acids is 2. The quantitative estimate of drug-likeness (QED) is 0.390. The van der Waals surface area contributed by atoms with Crippen molar-refractivity contribution >= 4 is 17.3 Å². The van der Waals surface area contributed by atoms with Crippen LogP contribution in [0.3, 0.4) is 0 Å². The van der Waals surface area contributed by atoms with Crippen LogP contribution in [0.5, 0.6) is 11.6 Å². The van der Waals surface area contributed by atoms with Crippen molar-refractivity contribution in [3.8, 4) is 11.6 Å². The fourth-order valence-electron chi connectivity index (χ4n) is 5.25. The van der Waals surface area contributed by atoms with Crippen molar-refractivity contribution in [2.24, 2.45) is 0 Å². The van der Waals surface area contributed by atoms with Crippen LogP contribution in [0.2, 0.25) is 0 Å². The van der Waals surface area contributed by atoms with Gasteiger partial charge < -0.3 is 14.8 Å². The third kappa shape index (κ3) is 5.19. The number of carbonyl (C=O) groups is 2. The van der Waals surface area contributed by atoms with E-state index in [-0.39, 0.29) is 17.8 Å². The Hall–Kier alpha value is -4.00. The number of nitrogens with zero attached hydrogens (tertiary/aromatic N) is 2. The van der Waals surface area contributed by atoms with Crippen molar-refractivity contribution in [2.75, 3.05) is 14.2 Å². The zero-order valence-corrected chi connectivity index (χ0v) is 22.2. The van der Waals surface area contributed by atoms with Crippen LogP contribution in [0.25, 0.3) is 5.57 Å². The largest absolute Gasteiger partial charge is 0.496 e. The van der Waals surface area contributed by atoms with Gasteiger partial charge in [-0.15, -0.1) is 0 Å². The van der Waals surface area contributed by atoms with Crippen LogP contribution in [0.15, 0.2) is 48.5 Å². The highest BCUT2D eigenvalue weighted by molar-refractivity contribution is 5.97. The minimum atomic E-state index is -0.125. The molecular weight excluding hydrogens is 478 g/mol. The summed E-state index contributed by atoms with van der Waals surface area (Å²) in [5, 5.41) is 2.69. The Bertz CT molecular complexity index is 1410. The first-order valence-electron chi connectivity index (χ1n) is 13.3. The number of hydrogen-bond acceptors (Lipinski definition) is 6. The highest BCUT2D eigenvalue weighted by Gasteiger charge is 2.28. The average molecular weight is 512 g/mol. The molecule has 5 rings (SSSR count). The number of amides is 1. The molecule has 0 bridgehead atoms. The van der Waals surface area contributed by atoms with Gasteiger partial charge in [0.05, 0.1) is 18.4 Å². The molecule has 2 aliphatic rings.